The van der Waals surface area contributed by atoms with Crippen molar-refractivity contribution in [1.29, 1.82) is 0 Å². The molecule has 1 saturated heterocycles. The molecule has 1 aliphatic rings. The van der Waals surface area contributed by atoms with E-state index in [0.717, 1.165) is 12.1 Å². The van der Waals surface area contributed by atoms with Crippen molar-refractivity contribution in [1.82, 2.24) is 14.2 Å². The smallest absolute Gasteiger partial charge is 0.266 e. The molecule has 0 aliphatic carbocycles. The third kappa shape index (κ3) is 4.38. The van der Waals surface area contributed by atoms with E-state index in [2.05, 4.69) is 4.98 Å². The summed E-state index contributed by atoms with van der Waals surface area (Å²) in [4.78, 5) is 18.2. The summed E-state index contributed by atoms with van der Waals surface area (Å²) in [7, 11) is -3.70. The molecule has 3 rings (SSSR count). The first-order chi connectivity index (χ1) is 13.6. The summed E-state index contributed by atoms with van der Waals surface area (Å²) in [5, 5.41) is 0. The first-order valence-electron chi connectivity index (χ1n) is 8.95. The number of benzene rings is 1. The molecule has 156 valence electrons. The van der Waals surface area contributed by atoms with Gasteiger partial charge in [-0.25, -0.2) is 17.2 Å². The highest BCUT2D eigenvalue weighted by Gasteiger charge is 2.38. The number of pyridine rings is 1. The molecule has 7 nitrogen and oxygen atoms in total. The lowest BCUT2D eigenvalue weighted by Crippen LogP contribution is -2.56. The summed E-state index contributed by atoms with van der Waals surface area (Å²) in [6, 6.07) is 6.28. The van der Waals surface area contributed by atoms with Crippen LogP contribution in [-0.4, -0.2) is 60.3 Å². The third-order valence-corrected chi connectivity index (χ3v) is 6.47. The molecule has 0 radical (unpaired) electrons. The number of carbonyl (C=O) groups is 1. The molecule has 29 heavy (non-hydrogen) atoms. The van der Waals surface area contributed by atoms with Crippen LogP contribution < -0.4 is 4.74 Å². The summed E-state index contributed by atoms with van der Waals surface area (Å²) in [5.41, 5.74) is -1.53. The molecule has 1 aliphatic heterocycles. The fourth-order valence-corrected chi connectivity index (χ4v) is 4.43. The number of nitrogens with zero attached hydrogens (tertiary/aromatic N) is 3. The molecule has 1 fully saturated rings. The van der Waals surface area contributed by atoms with E-state index < -0.39 is 38.9 Å². The maximum atomic E-state index is 13.9. The van der Waals surface area contributed by atoms with Crippen LogP contribution in [0.4, 0.5) is 8.78 Å². The molecule has 1 aromatic heterocycles. The molecule has 0 N–H and O–H groups in total. The van der Waals surface area contributed by atoms with Gasteiger partial charge in [0, 0.05) is 38.6 Å². The molecular weight excluding hydrogens is 404 g/mol. The van der Waals surface area contributed by atoms with Gasteiger partial charge in [0.15, 0.2) is 23.0 Å². The fraction of sp³-hybridized carbons (Fsp3) is 0.368. The molecule has 0 saturated carbocycles. The molecule has 2 aromatic rings. The summed E-state index contributed by atoms with van der Waals surface area (Å²) < 4.78 is 59.7. The van der Waals surface area contributed by atoms with Crippen molar-refractivity contribution >= 4 is 15.9 Å². The molecule has 0 atom stereocenters. The topological polar surface area (TPSA) is 79.8 Å². The number of hydrogen-bond acceptors (Lipinski definition) is 5. The summed E-state index contributed by atoms with van der Waals surface area (Å²) >= 11 is 0. The fourth-order valence-electron chi connectivity index (χ4n) is 3.04. The second-order valence-corrected chi connectivity index (χ2v) is 8.99. The molecule has 0 unspecified atom stereocenters. The van der Waals surface area contributed by atoms with Crippen molar-refractivity contribution in [2.24, 2.45) is 0 Å². The number of rotatable bonds is 5. The van der Waals surface area contributed by atoms with Crippen molar-refractivity contribution in [3.05, 3.63) is 54.4 Å². The number of halogens is 2. The van der Waals surface area contributed by atoms with Crippen LogP contribution in [0.3, 0.4) is 0 Å². The first-order valence-corrected chi connectivity index (χ1v) is 10.4. The molecule has 1 aromatic carbocycles. The van der Waals surface area contributed by atoms with Gasteiger partial charge in [-0.1, -0.05) is 6.07 Å². The van der Waals surface area contributed by atoms with Gasteiger partial charge in [-0.3, -0.25) is 9.78 Å². The van der Waals surface area contributed by atoms with Gasteiger partial charge in [0.1, 0.15) is 4.90 Å². The minimum Gasteiger partial charge on any atom is -0.472 e. The Hall–Kier alpha value is -2.59. The molecule has 10 heteroatoms. The highest BCUT2D eigenvalue weighted by atomic mass is 32.2. The number of piperazine rings is 1. The van der Waals surface area contributed by atoms with Crippen molar-refractivity contribution in [2.75, 3.05) is 26.2 Å². The van der Waals surface area contributed by atoms with E-state index in [1.807, 2.05) is 0 Å². The van der Waals surface area contributed by atoms with Crippen LogP contribution in [0, 0.1) is 11.6 Å². The number of aromatic nitrogens is 1. The van der Waals surface area contributed by atoms with Crippen molar-refractivity contribution < 1.29 is 26.7 Å². The van der Waals surface area contributed by atoms with Crippen LogP contribution in [0.1, 0.15) is 13.8 Å². The van der Waals surface area contributed by atoms with Gasteiger partial charge in [0.25, 0.3) is 5.91 Å². The zero-order valence-corrected chi connectivity index (χ0v) is 16.8. The van der Waals surface area contributed by atoms with Gasteiger partial charge < -0.3 is 9.64 Å². The summed E-state index contributed by atoms with van der Waals surface area (Å²) in [6.45, 7) is 3.27. The summed E-state index contributed by atoms with van der Waals surface area (Å²) in [6.07, 6.45) is 2.75. The average Bonchev–Trinajstić information content (AvgIpc) is 2.71. The van der Waals surface area contributed by atoms with Crippen LogP contribution in [0.2, 0.25) is 0 Å². The summed E-state index contributed by atoms with van der Waals surface area (Å²) in [5.74, 6) is -2.92. The molecule has 1 amide bonds. The van der Waals surface area contributed by atoms with Crippen LogP contribution in [0.15, 0.2) is 47.6 Å². The van der Waals surface area contributed by atoms with E-state index in [1.165, 1.54) is 53.6 Å². The van der Waals surface area contributed by atoms with Gasteiger partial charge in [0.05, 0.1) is 0 Å². The number of hydrogen-bond donors (Lipinski definition) is 0. The number of sulfonamides is 1. The molecular formula is C19H21F2N3O4S. The van der Waals surface area contributed by atoms with Gasteiger partial charge in [-0.2, -0.15) is 4.31 Å². The Kier molecular flexibility index (Phi) is 5.85. The normalized spacial score (nSPS) is 15.9. The Morgan fingerprint density at radius 1 is 1.07 bits per heavy atom. The van der Waals surface area contributed by atoms with Crippen LogP contribution in [-0.2, 0) is 14.8 Å². The Morgan fingerprint density at radius 3 is 2.24 bits per heavy atom. The maximum Gasteiger partial charge on any atom is 0.266 e. The highest BCUT2D eigenvalue weighted by molar-refractivity contribution is 7.89. The minimum atomic E-state index is -3.70. The lowest BCUT2D eigenvalue weighted by Gasteiger charge is -2.38. The molecule has 0 spiro atoms. The van der Waals surface area contributed by atoms with E-state index >= 15 is 0 Å². The Labute approximate surface area is 168 Å². The molecule has 0 bridgehead atoms. The van der Waals surface area contributed by atoms with Gasteiger partial charge >= 0.3 is 0 Å². The zero-order valence-electron chi connectivity index (χ0n) is 16.0. The third-order valence-electron chi connectivity index (χ3n) is 4.59. The number of ether oxygens (including phenoxy) is 1. The zero-order chi connectivity index (χ0) is 21.2. The Bertz CT molecular complexity index is 972. The number of carbonyl (C=O) groups excluding carboxylic acids is 1. The second-order valence-electron chi connectivity index (χ2n) is 7.05. The van der Waals surface area contributed by atoms with Crippen molar-refractivity contribution in [3.8, 4) is 5.75 Å². The van der Waals surface area contributed by atoms with E-state index in [9.17, 15) is 22.0 Å². The standard InChI is InChI=1S/C19H21F2N3O4S/c1-19(2,28-17-15(20)6-3-7-16(17)21)18(25)23-9-11-24(12-10-23)29(26,27)14-5-4-8-22-13-14/h3-8,13H,9-12H2,1-2H3. The largest absolute Gasteiger partial charge is 0.472 e. The van der Waals surface area contributed by atoms with E-state index in [-0.39, 0.29) is 31.1 Å². The van der Waals surface area contributed by atoms with Crippen molar-refractivity contribution in [2.45, 2.75) is 24.3 Å². The van der Waals surface area contributed by atoms with Crippen LogP contribution in [0.5, 0.6) is 5.75 Å². The van der Waals surface area contributed by atoms with Gasteiger partial charge in [-0.05, 0) is 38.1 Å². The maximum absolute atomic E-state index is 13.9. The quantitative estimate of drug-likeness (QED) is 0.733. The van der Waals surface area contributed by atoms with E-state index in [1.54, 1.807) is 0 Å². The lowest BCUT2D eigenvalue weighted by atomic mass is 10.1. The van der Waals surface area contributed by atoms with Gasteiger partial charge in [-0.15, -0.1) is 0 Å². The SMILES string of the molecule is CC(C)(Oc1c(F)cccc1F)C(=O)N1CCN(S(=O)(=O)c2cccnc2)CC1. The van der Waals surface area contributed by atoms with Crippen LogP contribution >= 0.6 is 0 Å². The van der Waals surface area contributed by atoms with Gasteiger partial charge in [0.2, 0.25) is 10.0 Å². The monoisotopic (exact) mass is 425 g/mol. The minimum absolute atomic E-state index is 0.0819. The molecule has 2 heterocycles. The highest BCUT2D eigenvalue weighted by Crippen LogP contribution is 2.27. The predicted molar refractivity (Wildman–Crippen MR) is 101 cm³/mol. The van der Waals surface area contributed by atoms with Crippen LogP contribution in [0.25, 0.3) is 0 Å². The van der Waals surface area contributed by atoms with E-state index in [0.29, 0.717) is 0 Å². The van der Waals surface area contributed by atoms with Crippen molar-refractivity contribution in [3.63, 3.8) is 0 Å². The Morgan fingerprint density at radius 2 is 1.69 bits per heavy atom. The predicted octanol–water partition coefficient (Wildman–Crippen LogP) is 2.05. The number of amides is 1. The van der Waals surface area contributed by atoms with E-state index in [4.69, 9.17) is 4.74 Å². The average molecular weight is 425 g/mol. The Balaban J connectivity index is 1.68. The lowest BCUT2D eigenvalue weighted by molar-refractivity contribution is -0.147. The number of para-hydroxylation sites is 1. The second kappa shape index (κ2) is 8.03. The first kappa shape index (κ1) is 21.1.